The van der Waals surface area contributed by atoms with Crippen molar-refractivity contribution < 1.29 is 14.3 Å². The van der Waals surface area contributed by atoms with Crippen LogP contribution in [0.2, 0.25) is 5.02 Å². The van der Waals surface area contributed by atoms with Crippen LogP contribution in [0.5, 0.6) is 0 Å². The second kappa shape index (κ2) is 9.54. The van der Waals surface area contributed by atoms with Gasteiger partial charge in [-0.25, -0.2) is 0 Å². The second-order valence-electron chi connectivity index (χ2n) is 6.96. The molecule has 0 bridgehead atoms. The first-order valence-corrected chi connectivity index (χ1v) is 10.4. The van der Waals surface area contributed by atoms with E-state index in [9.17, 15) is 9.59 Å². The number of halogens is 1. The minimum Gasteiger partial charge on any atom is -0.382 e. The SMILES string of the molecule is CCOCCCN1C(=O)C(c2ccc(Cl)cc2)=C(N2CCN(CC)CC2)C1=O. The lowest BCUT2D eigenvalue weighted by Crippen LogP contribution is -2.47. The van der Waals surface area contributed by atoms with Crippen molar-refractivity contribution in [2.45, 2.75) is 20.3 Å². The number of likely N-dealkylation sites (N-methyl/N-ethyl adjacent to an activating group) is 1. The number of amides is 2. The van der Waals surface area contributed by atoms with Gasteiger partial charge in [-0.1, -0.05) is 30.7 Å². The van der Waals surface area contributed by atoms with Crippen LogP contribution < -0.4 is 0 Å². The summed E-state index contributed by atoms with van der Waals surface area (Å²) < 4.78 is 5.36. The number of hydrogen-bond acceptors (Lipinski definition) is 5. The molecule has 0 unspecified atom stereocenters. The van der Waals surface area contributed by atoms with Crippen LogP contribution in [0.15, 0.2) is 30.0 Å². The maximum Gasteiger partial charge on any atom is 0.277 e. The maximum atomic E-state index is 13.2. The molecule has 0 saturated carbocycles. The van der Waals surface area contributed by atoms with Crippen LogP contribution in [0.4, 0.5) is 0 Å². The van der Waals surface area contributed by atoms with Crippen molar-refractivity contribution in [3.8, 4) is 0 Å². The Bertz CT molecular complexity index is 740. The number of imide groups is 1. The van der Waals surface area contributed by atoms with Gasteiger partial charge in [0, 0.05) is 51.0 Å². The van der Waals surface area contributed by atoms with Gasteiger partial charge in [0.05, 0.1) is 5.57 Å². The molecule has 2 amide bonds. The topological polar surface area (TPSA) is 53.1 Å². The molecular weight excluding hydrogens is 378 g/mol. The molecule has 0 aliphatic carbocycles. The van der Waals surface area contributed by atoms with Gasteiger partial charge in [0.2, 0.25) is 0 Å². The van der Waals surface area contributed by atoms with Crippen LogP contribution in [0.3, 0.4) is 0 Å². The lowest BCUT2D eigenvalue weighted by molar-refractivity contribution is -0.137. The standard InChI is InChI=1S/C21H28ClN3O3/c1-3-23-11-13-24(14-12-23)19-18(16-6-8-17(22)9-7-16)20(26)25(21(19)27)10-5-15-28-4-2/h6-9H,3-5,10-15H2,1-2H3. The van der Waals surface area contributed by atoms with Crippen molar-refractivity contribution in [2.75, 3.05) is 52.5 Å². The Morgan fingerprint density at radius 3 is 2.29 bits per heavy atom. The third-order valence-corrected chi connectivity index (χ3v) is 5.54. The van der Waals surface area contributed by atoms with E-state index >= 15 is 0 Å². The van der Waals surface area contributed by atoms with Gasteiger partial charge >= 0.3 is 0 Å². The minimum atomic E-state index is -0.225. The van der Waals surface area contributed by atoms with E-state index in [0.29, 0.717) is 42.5 Å². The van der Waals surface area contributed by atoms with Crippen LogP contribution in [0.1, 0.15) is 25.8 Å². The molecule has 0 atom stereocenters. The van der Waals surface area contributed by atoms with Gasteiger partial charge in [-0.05, 0) is 37.6 Å². The molecule has 28 heavy (non-hydrogen) atoms. The Labute approximate surface area is 171 Å². The predicted octanol–water partition coefficient (Wildman–Crippen LogP) is 2.48. The van der Waals surface area contributed by atoms with Gasteiger partial charge in [-0.2, -0.15) is 0 Å². The molecule has 3 rings (SSSR count). The Hall–Kier alpha value is -1.89. The highest BCUT2D eigenvalue weighted by Crippen LogP contribution is 2.32. The molecule has 1 aromatic rings. The molecular formula is C21H28ClN3O3. The molecule has 1 fully saturated rings. The van der Waals surface area contributed by atoms with E-state index in [1.807, 2.05) is 19.1 Å². The molecule has 0 spiro atoms. The van der Waals surface area contributed by atoms with Gasteiger partial charge < -0.3 is 14.5 Å². The Balaban J connectivity index is 1.88. The van der Waals surface area contributed by atoms with Crippen molar-refractivity contribution in [1.29, 1.82) is 0 Å². The highest BCUT2D eigenvalue weighted by atomic mass is 35.5. The smallest absolute Gasteiger partial charge is 0.277 e. The summed E-state index contributed by atoms with van der Waals surface area (Å²) >= 11 is 6.02. The Kier molecular flexibility index (Phi) is 7.10. The fourth-order valence-corrected chi connectivity index (χ4v) is 3.82. The molecule has 0 aromatic heterocycles. The summed E-state index contributed by atoms with van der Waals surface area (Å²) in [5.41, 5.74) is 1.76. The molecule has 2 heterocycles. The van der Waals surface area contributed by atoms with Crippen molar-refractivity contribution in [3.63, 3.8) is 0 Å². The summed E-state index contributed by atoms with van der Waals surface area (Å²) in [5.74, 6) is -0.423. The minimum absolute atomic E-state index is 0.198. The first kappa shape index (κ1) is 20.8. The van der Waals surface area contributed by atoms with Gasteiger partial charge in [0.15, 0.2) is 0 Å². The first-order valence-electron chi connectivity index (χ1n) is 9.98. The summed E-state index contributed by atoms with van der Waals surface area (Å²) in [7, 11) is 0. The van der Waals surface area contributed by atoms with E-state index in [1.54, 1.807) is 12.1 Å². The first-order chi connectivity index (χ1) is 13.6. The lowest BCUT2D eigenvalue weighted by atomic mass is 10.0. The van der Waals surface area contributed by atoms with Gasteiger partial charge in [0.1, 0.15) is 5.70 Å². The van der Waals surface area contributed by atoms with Gasteiger partial charge in [0.25, 0.3) is 11.8 Å². The zero-order valence-electron chi connectivity index (χ0n) is 16.6. The fourth-order valence-electron chi connectivity index (χ4n) is 3.69. The van der Waals surface area contributed by atoms with E-state index in [0.717, 1.165) is 38.3 Å². The quantitative estimate of drug-likeness (QED) is 0.491. The van der Waals surface area contributed by atoms with Gasteiger partial charge in [-0.3, -0.25) is 14.5 Å². The van der Waals surface area contributed by atoms with E-state index < -0.39 is 0 Å². The number of rotatable bonds is 8. The largest absolute Gasteiger partial charge is 0.382 e. The third-order valence-electron chi connectivity index (χ3n) is 5.29. The molecule has 2 aliphatic rings. The fraction of sp³-hybridized carbons (Fsp3) is 0.524. The number of carbonyl (C=O) groups excluding carboxylic acids is 2. The van der Waals surface area contributed by atoms with Crippen LogP contribution >= 0.6 is 11.6 Å². The summed E-state index contributed by atoms with van der Waals surface area (Å²) in [5, 5.41) is 0.604. The zero-order chi connectivity index (χ0) is 20.1. The molecule has 152 valence electrons. The van der Waals surface area contributed by atoms with Crippen LogP contribution in [-0.2, 0) is 14.3 Å². The molecule has 1 saturated heterocycles. The molecule has 7 heteroatoms. The number of piperazine rings is 1. The van der Waals surface area contributed by atoms with Crippen molar-refractivity contribution in [3.05, 3.63) is 40.5 Å². The van der Waals surface area contributed by atoms with Crippen molar-refractivity contribution >= 4 is 29.0 Å². The molecule has 0 radical (unpaired) electrons. The number of ether oxygens (including phenoxy) is 1. The summed E-state index contributed by atoms with van der Waals surface area (Å²) in [6.07, 6.45) is 0.635. The van der Waals surface area contributed by atoms with Crippen LogP contribution in [0, 0.1) is 0 Å². The monoisotopic (exact) mass is 405 g/mol. The molecule has 1 aromatic carbocycles. The average molecular weight is 406 g/mol. The van der Waals surface area contributed by atoms with Crippen LogP contribution in [-0.4, -0.2) is 79.0 Å². The summed E-state index contributed by atoms with van der Waals surface area (Å²) in [4.78, 5) is 32.2. The molecule has 0 N–H and O–H groups in total. The van der Waals surface area contributed by atoms with Crippen molar-refractivity contribution in [1.82, 2.24) is 14.7 Å². The second-order valence-corrected chi connectivity index (χ2v) is 7.40. The number of nitrogens with zero attached hydrogens (tertiary/aromatic N) is 3. The van der Waals surface area contributed by atoms with E-state index in [-0.39, 0.29) is 11.8 Å². The van der Waals surface area contributed by atoms with E-state index in [4.69, 9.17) is 16.3 Å². The highest BCUT2D eigenvalue weighted by Gasteiger charge is 2.41. The predicted molar refractivity (Wildman–Crippen MR) is 110 cm³/mol. The normalized spacial score (nSPS) is 18.5. The number of hydrogen-bond donors (Lipinski definition) is 0. The van der Waals surface area contributed by atoms with E-state index in [1.165, 1.54) is 4.90 Å². The summed E-state index contributed by atoms with van der Waals surface area (Å²) in [6, 6.07) is 7.14. The Morgan fingerprint density at radius 2 is 1.68 bits per heavy atom. The third kappa shape index (κ3) is 4.40. The van der Waals surface area contributed by atoms with Crippen molar-refractivity contribution in [2.24, 2.45) is 0 Å². The zero-order valence-corrected chi connectivity index (χ0v) is 17.4. The highest BCUT2D eigenvalue weighted by molar-refractivity contribution is 6.36. The average Bonchev–Trinajstić information content (AvgIpc) is 2.96. The number of carbonyl (C=O) groups is 2. The maximum absolute atomic E-state index is 13.2. The van der Waals surface area contributed by atoms with Gasteiger partial charge in [-0.15, -0.1) is 0 Å². The lowest BCUT2D eigenvalue weighted by Gasteiger charge is -2.36. The molecule has 6 nitrogen and oxygen atoms in total. The summed E-state index contributed by atoms with van der Waals surface area (Å²) in [6.45, 7) is 9.86. The van der Waals surface area contributed by atoms with Crippen LogP contribution in [0.25, 0.3) is 5.57 Å². The molecule has 2 aliphatic heterocycles. The Morgan fingerprint density at radius 1 is 1.00 bits per heavy atom. The van der Waals surface area contributed by atoms with E-state index in [2.05, 4.69) is 16.7 Å². The number of benzene rings is 1.